The van der Waals surface area contributed by atoms with Crippen LogP contribution >= 0.6 is 0 Å². The van der Waals surface area contributed by atoms with Gasteiger partial charge in [-0.25, -0.2) is 0 Å². The van der Waals surface area contributed by atoms with Gasteiger partial charge in [-0.15, -0.1) is 0 Å². The Morgan fingerprint density at radius 2 is 1.85 bits per heavy atom. The number of rotatable bonds is 4. The highest BCUT2D eigenvalue weighted by Crippen LogP contribution is 1.91. The lowest BCUT2D eigenvalue weighted by Crippen LogP contribution is -2.30. The molecule has 0 aromatic carbocycles. The number of hydrogen-bond acceptors (Lipinski definition) is 4. The molecule has 0 aromatic heterocycles. The molecule has 0 saturated heterocycles. The molecule has 0 rings (SSSR count). The molecule has 0 aliphatic rings. The highest BCUT2D eigenvalue weighted by Gasteiger charge is 2.08. The molecule has 0 aliphatic heterocycles. The van der Waals surface area contributed by atoms with Crippen LogP contribution in [0.15, 0.2) is 0 Å². The van der Waals surface area contributed by atoms with E-state index in [0.29, 0.717) is 19.4 Å². The Balaban J connectivity index is 0. The van der Waals surface area contributed by atoms with E-state index in [4.69, 9.17) is 22.0 Å². The van der Waals surface area contributed by atoms with Crippen LogP contribution in [-0.4, -0.2) is 29.6 Å². The molecule has 0 aromatic rings. The molecule has 7 nitrogen and oxygen atoms in total. The Hall–Kier alpha value is -1.34. The predicted molar refractivity (Wildman–Crippen MR) is 50.0 cm³/mol. The zero-order chi connectivity index (χ0) is 10.9. The van der Waals surface area contributed by atoms with E-state index in [1.54, 1.807) is 0 Å². The first kappa shape index (κ1) is 14.2. The molecule has 0 radical (unpaired) electrons. The van der Waals surface area contributed by atoms with Crippen molar-refractivity contribution in [2.75, 3.05) is 6.54 Å². The average molecular weight is 191 g/mol. The smallest absolute Gasteiger partial charge is 0.320 e. The Kier molecular flexibility index (Phi) is 9.56. The Bertz CT molecular complexity index is 157. The van der Waals surface area contributed by atoms with E-state index in [-0.39, 0.29) is 5.96 Å². The molecule has 0 amide bonds. The summed E-state index contributed by atoms with van der Waals surface area (Å²) >= 11 is 0. The van der Waals surface area contributed by atoms with Gasteiger partial charge in [0.15, 0.2) is 5.96 Å². The second kappa shape index (κ2) is 8.75. The molecule has 0 bridgehead atoms. The van der Waals surface area contributed by atoms with Gasteiger partial charge in [0.25, 0.3) is 0 Å². The van der Waals surface area contributed by atoms with Crippen LogP contribution in [0.3, 0.4) is 0 Å². The minimum absolute atomic E-state index is 0.333. The number of aliphatic carboxylic acids is 1. The van der Waals surface area contributed by atoms with Gasteiger partial charge < -0.3 is 28.0 Å². The molecule has 0 saturated carbocycles. The molecule has 1 unspecified atom stereocenters. The van der Waals surface area contributed by atoms with Crippen LogP contribution in [0.25, 0.3) is 0 Å². The number of nitrogens with two attached hydrogens (primary N) is 4. The van der Waals surface area contributed by atoms with Gasteiger partial charge in [-0.2, -0.15) is 0 Å². The molecule has 0 fully saturated rings. The first-order valence-electron chi connectivity index (χ1n) is 3.69. The van der Waals surface area contributed by atoms with E-state index in [0.717, 1.165) is 0 Å². The number of nitrogens with one attached hydrogen (secondary N) is 1. The van der Waals surface area contributed by atoms with Crippen LogP contribution in [0.2, 0.25) is 0 Å². The van der Waals surface area contributed by atoms with E-state index in [1.165, 1.54) is 0 Å². The summed E-state index contributed by atoms with van der Waals surface area (Å²) < 4.78 is 0. The van der Waals surface area contributed by atoms with Crippen LogP contribution in [0.1, 0.15) is 12.8 Å². The third-order valence-electron chi connectivity index (χ3n) is 1.04. The number of hydrogen-bond donors (Lipinski definition) is 6. The van der Waals surface area contributed by atoms with Gasteiger partial charge in [0, 0.05) is 0 Å². The first-order valence-corrected chi connectivity index (χ1v) is 3.69. The summed E-state index contributed by atoms with van der Waals surface area (Å²) in [6.07, 6.45) is 1.14. The third-order valence-corrected chi connectivity index (χ3v) is 1.04. The van der Waals surface area contributed by atoms with Crippen LogP contribution < -0.4 is 22.9 Å². The molecule has 7 heteroatoms. The normalized spacial score (nSPS) is 10.9. The largest absolute Gasteiger partial charge is 0.480 e. The average Bonchev–Trinajstić information content (AvgIpc) is 1.98. The van der Waals surface area contributed by atoms with Crippen molar-refractivity contribution in [3.05, 3.63) is 0 Å². The summed E-state index contributed by atoms with van der Waals surface area (Å²) in [5, 5.41) is 14.3. The number of carbonyl (C=O) groups is 1. The van der Waals surface area contributed by atoms with Crippen molar-refractivity contribution in [2.45, 2.75) is 18.9 Å². The topological polar surface area (TPSA) is 165 Å². The summed E-state index contributed by atoms with van der Waals surface area (Å²) in [6, 6.07) is -0.742. The highest BCUT2D eigenvalue weighted by molar-refractivity contribution is 5.73. The summed E-state index contributed by atoms with van der Waals surface area (Å²) in [7, 11) is 0. The van der Waals surface area contributed by atoms with Crippen molar-refractivity contribution in [1.29, 1.82) is 5.41 Å². The lowest BCUT2D eigenvalue weighted by Gasteiger charge is -2.02. The highest BCUT2D eigenvalue weighted by atomic mass is 16.4. The molecular weight excluding hydrogens is 174 g/mol. The molecule has 13 heavy (non-hydrogen) atoms. The fourth-order valence-electron chi connectivity index (χ4n) is 0.461. The predicted octanol–water partition coefficient (Wildman–Crippen LogP) is -2.02. The standard InChI is InChI=1S/C5H12N2O2.CH5N3/c6-3-1-2-4(7)5(8)9;2-1(3)4/h4H,1-3,6-7H2,(H,8,9);(H5,2,3,4). The van der Waals surface area contributed by atoms with E-state index >= 15 is 0 Å². The van der Waals surface area contributed by atoms with Gasteiger partial charge in [-0.3, -0.25) is 10.2 Å². The summed E-state index contributed by atoms with van der Waals surface area (Å²) in [5.74, 6) is -1.29. The summed E-state index contributed by atoms with van der Waals surface area (Å²) in [4.78, 5) is 10.0. The Labute approximate surface area is 76.6 Å². The van der Waals surface area contributed by atoms with Gasteiger partial charge in [0.05, 0.1) is 0 Å². The fraction of sp³-hybridized carbons (Fsp3) is 0.667. The third kappa shape index (κ3) is 18.0. The number of carboxylic acids is 1. The minimum atomic E-state index is -0.955. The molecule has 0 aliphatic carbocycles. The second-order valence-corrected chi connectivity index (χ2v) is 2.33. The van der Waals surface area contributed by atoms with Gasteiger partial charge in [-0.05, 0) is 19.4 Å². The van der Waals surface area contributed by atoms with Crippen molar-refractivity contribution in [2.24, 2.45) is 22.9 Å². The van der Waals surface area contributed by atoms with Gasteiger partial charge in [-0.1, -0.05) is 0 Å². The van der Waals surface area contributed by atoms with Crippen molar-refractivity contribution in [3.8, 4) is 0 Å². The molecule has 1 atom stereocenters. The zero-order valence-corrected chi connectivity index (χ0v) is 7.36. The van der Waals surface area contributed by atoms with Crippen LogP contribution in [-0.2, 0) is 4.79 Å². The van der Waals surface area contributed by atoms with Crippen LogP contribution in [0.4, 0.5) is 0 Å². The van der Waals surface area contributed by atoms with E-state index in [2.05, 4.69) is 11.5 Å². The molecule has 78 valence electrons. The maximum Gasteiger partial charge on any atom is 0.320 e. The van der Waals surface area contributed by atoms with E-state index in [9.17, 15) is 4.79 Å². The Morgan fingerprint density at radius 3 is 2.08 bits per heavy atom. The summed E-state index contributed by atoms with van der Waals surface area (Å²) in [6.45, 7) is 0.501. The van der Waals surface area contributed by atoms with Crippen LogP contribution in [0.5, 0.6) is 0 Å². The first-order chi connectivity index (χ1) is 5.91. The van der Waals surface area contributed by atoms with Crippen LogP contribution in [0, 0.1) is 5.41 Å². The lowest BCUT2D eigenvalue weighted by atomic mass is 10.2. The van der Waals surface area contributed by atoms with Crippen molar-refractivity contribution >= 4 is 11.9 Å². The molecule has 10 N–H and O–H groups in total. The zero-order valence-electron chi connectivity index (χ0n) is 7.36. The molecule has 0 spiro atoms. The van der Waals surface area contributed by atoms with Gasteiger partial charge >= 0.3 is 5.97 Å². The van der Waals surface area contributed by atoms with E-state index < -0.39 is 12.0 Å². The van der Waals surface area contributed by atoms with Crippen molar-refractivity contribution in [3.63, 3.8) is 0 Å². The number of guanidine groups is 1. The van der Waals surface area contributed by atoms with Crippen molar-refractivity contribution < 1.29 is 9.90 Å². The molecular formula is C6H17N5O2. The Morgan fingerprint density at radius 1 is 1.46 bits per heavy atom. The second-order valence-electron chi connectivity index (χ2n) is 2.33. The van der Waals surface area contributed by atoms with E-state index in [1.807, 2.05) is 0 Å². The van der Waals surface area contributed by atoms with Gasteiger partial charge in [0.1, 0.15) is 6.04 Å². The van der Waals surface area contributed by atoms with Gasteiger partial charge in [0.2, 0.25) is 0 Å². The summed E-state index contributed by atoms with van der Waals surface area (Å²) in [5.41, 5.74) is 19.2. The molecule has 0 heterocycles. The SMILES string of the molecule is N=C(N)N.NCCCC(N)C(=O)O. The maximum atomic E-state index is 10.0. The van der Waals surface area contributed by atoms with Crippen molar-refractivity contribution in [1.82, 2.24) is 0 Å². The minimum Gasteiger partial charge on any atom is -0.480 e. The quantitative estimate of drug-likeness (QED) is 0.221. The maximum absolute atomic E-state index is 10.0. The fourth-order valence-corrected chi connectivity index (χ4v) is 0.461. The monoisotopic (exact) mass is 191 g/mol. The number of carboxylic acid groups (broad SMARTS) is 1. The lowest BCUT2D eigenvalue weighted by molar-refractivity contribution is -0.138.